The maximum atomic E-state index is 12.1. The molecule has 0 aliphatic carbocycles. The molecule has 0 heterocycles. The Morgan fingerprint density at radius 1 is 1.08 bits per heavy atom. The predicted octanol–water partition coefficient (Wildman–Crippen LogP) is 3.22. The number of carbonyl (C=O) groups is 2. The summed E-state index contributed by atoms with van der Waals surface area (Å²) in [5.41, 5.74) is 1.07. The van der Waals surface area contributed by atoms with E-state index in [4.69, 9.17) is 9.47 Å². The largest absolute Gasteiger partial charge is 0.493 e. The number of para-hydroxylation sites is 1. The summed E-state index contributed by atoms with van der Waals surface area (Å²) in [4.78, 5) is 24.6. The first-order valence-corrected chi connectivity index (χ1v) is 8.63. The second kappa shape index (κ2) is 8.98. The lowest BCUT2D eigenvalue weighted by atomic mass is 10.2. The van der Waals surface area contributed by atoms with E-state index in [2.05, 4.69) is 10.1 Å². The van der Waals surface area contributed by atoms with Gasteiger partial charge in [-0.3, -0.25) is 4.79 Å². The number of rotatable bonds is 7. The summed E-state index contributed by atoms with van der Waals surface area (Å²) in [6.07, 6.45) is 1.94. The zero-order chi connectivity index (χ0) is 18.2. The fourth-order valence-corrected chi connectivity index (χ4v) is 2.66. The molecule has 0 radical (unpaired) electrons. The highest BCUT2D eigenvalue weighted by molar-refractivity contribution is 7.98. The highest BCUT2D eigenvalue weighted by Gasteiger charge is 2.13. The molecule has 7 heteroatoms. The van der Waals surface area contributed by atoms with Gasteiger partial charge in [0.05, 0.1) is 25.5 Å². The molecule has 2 rings (SSSR count). The number of hydrogen-bond acceptors (Lipinski definition) is 6. The highest BCUT2D eigenvalue weighted by atomic mass is 32.2. The van der Waals surface area contributed by atoms with Crippen molar-refractivity contribution in [1.29, 1.82) is 0 Å². The topological polar surface area (TPSA) is 73.9 Å². The van der Waals surface area contributed by atoms with Crippen LogP contribution in [0.2, 0.25) is 0 Å². The lowest BCUT2D eigenvalue weighted by Gasteiger charge is -2.13. The van der Waals surface area contributed by atoms with E-state index < -0.39 is 5.97 Å². The van der Waals surface area contributed by atoms with Crippen LogP contribution in [0.15, 0.2) is 47.4 Å². The lowest BCUT2D eigenvalue weighted by Crippen LogP contribution is -2.20. The number of nitrogens with one attached hydrogen (secondary N) is 1. The van der Waals surface area contributed by atoms with Crippen LogP contribution in [0.4, 0.5) is 5.69 Å². The van der Waals surface area contributed by atoms with E-state index in [-0.39, 0.29) is 12.5 Å². The molecule has 1 N–H and O–H groups in total. The van der Waals surface area contributed by atoms with Crippen LogP contribution in [0.1, 0.15) is 10.4 Å². The van der Waals surface area contributed by atoms with Crippen LogP contribution >= 0.6 is 11.8 Å². The SMILES string of the molecule is COC(=O)c1ccc(OCC(=O)Nc2ccccc2SC)c(OC)c1. The van der Waals surface area contributed by atoms with Crippen molar-refractivity contribution in [2.75, 3.05) is 32.4 Å². The molecular formula is C18H19NO5S. The number of benzene rings is 2. The van der Waals surface area contributed by atoms with E-state index in [0.717, 1.165) is 10.6 Å². The summed E-state index contributed by atoms with van der Waals surface area (Å²) < 4.78 is 15.4. The zero-order valence-corrected chi connectivity index (χ0v) is 15.0. The van der Waals surface area contributed by atoms with Crippen molar-refractivity contribution in [1.82, 2.24) is 0 Å². The van der Waals surface area contributed by atoms with Gasteiger partial charge in [-0.05, 0) is 36.6 Å². The maximum Gasteiger partial charge on any atom is 0.337 e. The first kappa shape index (κ1) is 18.7. The molecule has 0 unspecified atom stereocenters. The molecule has 1 amide bonds. The summed E-state index contributed by atoms with van der Waals surface area (Å²) in [5, 5.41) is 2.81. The minimum absolute atomic E-state index is 0.184. The molecule has 2 aromatic carbocycles. The lowest BCUT2D eigenvalue weighted by molar-refractivity contribution is -0.118. The number of anilines is 1. The van der Waals surface area contributed by atoms with Gasteiger partial charge in [-0.25, -0.2) is 4.79 Å². The molecule has 0 aliphatic heterocycles. The third-order valence-corrected chi connectivity index (χ3v) is 4.12. The van der Waals surface area contributed by atoms with Crippen molar-refractivity contribution >= 4 is 29.3 Å². The molecule has 25 heavy (non-hydrogen) atoms. The van der Waals surface area contributed by atoms with Crippen molar-refractivity contribution in [3.05, 3.63) is 48.0 Å². The van der Waals surface area contributed by atoms with Gasteiger partial charge in [0, 0.05) is 4.90 Å². The summed E-state index contributed by atoms with van der Waals surface area (Å²) >= 11 is 1.55. The molecule has 0 saturated heterocycles. The third kappa shape index (κ3) is 4.90. The summed E-state index contributed by atoms with van der Waals surface area (Å²) in [5.74, 6) is -0.0551. The van der Waals surface area contributed by atoms with E-state index >= 15 is 0 Å². The van der Waals surface area contributed by atoms with Crippen molar-refractivity contribution in [3.63, 3.8) is 0 Å². The number of amides is 1. The summed E-state index contributed by atoms with van der Waals surface area (Å²) in [6, 6.07) is 12.1. The normalized spacial score (nSPS) is 10.0. The van der Waals surface area contributed by atoms with Gasteiger partial charge < -0.3 is 19.5 Å². The molecule has 2 aromatic rings. The Morgan fingerprint density at radius 2 is 1.84 bits per heavy atom. The number of ether oxygens (including phenoxy) is 3. The number of esters is 1. The third-order valence-electron chi connectivity index (χ3n) is 3.32. The van der Waals surface area contributed by atoms with Crippen LogP contribution in [0.3, 0.4) is 0 Å². The van der Waals surface area contributed by atoms with Gasteiger partial charge >= 0.3 is 5.97 Å². The van der Waals surface area contributed by atoms with Crippen molar-refractivity contribution in [3.8, 4) is 11.5 Å². The fraction of sp³-hybridized carbons (Fsp3) is 0.222. The van der Waals surface area contributed by atoms with Gasteiger partial charge in [-0.15, -0.1) is 11.8 Å². The van der Waals surface area contributed by atoms with E-state index in [1.54, 1.807) is 23.9 Å². The summed E-state index contributed by atoms with van der Waals surface area (Å²) in [6.45, 7) is -0.184. The fourth-order valence-electron chi connectivity index (χ4n) is 2.11. The van der Waals surface area contributed by atoms with Crippen LogP contribution in [0, 0.1) is 0 Å². The standard InChI is InChI=1S/C18H19NO5S/c1-22-15-10-12(18(21)23-2)8-9-14(15)24-11-17(20)19-13-6-4-5-7-16(13)25-3/h4-10H,11H2,1-3H3,(H,19,20). The highest BCUT2D eigenvalue weighted by Crippen LogP contribution is 2.28. The van der Waals surface area contributed by atoms with E-state index in [1.165, 1.54) is 20.3 Å². The van der Waals surface area contributed by atoms with E-state index in [0.29, 0.717) is 17.1 Å². The Kier molecular flexibility index (Phi) is 6.71. The van der Waals surface area contributed by atoms with Crippen molar-refractivity contribution in [2.45, 2.75) is 4.90 Å². The quantitative estimate of drug-likeness (QED) is 0.603. The van der Waals surface area contributed by atoms with Gasteiger partial charge in [0.25, 0.3) is 5.91 Å². The van der Waals surface area contributed by atoms with Gasteiger partial charge in [0.2, 0.25) is 0 Å². The molecule has 0 aromatic heterocycles. The monoisotopic (exact) mass is 361 g/mol. The van der Waals surface area contributed by atoms with Crippen LogP contribution < -0.4 is 14.8 Å². The van der Waals surface area contributed by atoms with Crippen molar-refractivity contribution in [2.24, 2.45) is 0 Å². The number of thioether (sulfide) groups is 1. The molecular weight excluding hydrogens is 342 g/mol. The Labute approximate surface area is 150 Å². The maximum absolute atomic E-state index is 12.1. The number of hydrogen-bond donors (Lipinski definition) is 1. The Balaban J connectivity index is 2.03. The molecule has 0 bridgehead atoms. The predicted molar refractivity (Wildman–Crippen MR) is 96.7 cm³/mol. The minimum atomic E-state index is -0.476. The second-order valence-electron chi connectivity index (χ2n) is 4.89. The molecule has 0 atom stereocenters. The second-order valence-corrected chi connectivity index (χ2v) is 5.74. The van der Waals surface area contributed by atoms with Crippen LogP contribution in [0.25, 0.3) is 0 Å². The molecule has 6 nitrogen and oxygen atoms in total. The molecule has 0 aliphatic rings. The molecule has 0 spiro atoms. The number of methoxy groups -OCH3 is 2. The van der Waals surface area contributed by atoms with Crippen LogP contribution in [-0.2, 0) is 9.53 Å². The van der Waals surface area contributed by atoms with Crippen molar-refractivity contribution < 1.29 is 23.8 Å². The first-order chi connectivity index (χ1) is 12.1. The Bertz CT molecular complexity index is 763. The minimum Gasteiger partial charge on any atom is -0.493 e. The Morgan fingerprint density at radius 3 is 2.52 bits per heavy atom. The van der Waals surface area contributed by atoms with Gasteiger partial charge in [-0.2, -0.15) is 0 Å². The number of carbonyl (C=O) groups excluding carboxylic acids is 2. The Hall–Kier alpha value is -2.67. The van der Waals surface area contributed by atoms with Gasteiger partial charge in [0.15, 0.2) is 18.1 Å². The first-order valence-electron chi connectivity index (χ1n) is 7.41. The van der Waals surface area contributed by atoms with Crippen LogP contribution in [-0.4, -0.2) is 39.0 Å². The van der Waals surface area contributed by atoms with Crippen LogP contribution in [0.5, 0.6) is 11.5 Å². The van der Waals surface area contributed by atoms with E-state index in [1.807, 2.05) is 30.5 Å². The molecule has 132 valence electrons. The van der Waals surface area contributed by atoms with Gasteiger partial charge in [0.1, 0.15) is 0 Å². The molecule has 0 fully saturated rings. The summed E-state index contributed by atoms with van der Waals surface area (Å²) in [7, 11) is 2.76. The average molecular weight is 361 g/mol. The average Bonchev–Trinajstić information content (AvgIpc) is 2.65. The van der Waals surface area contributed by atoms with Gasteiger partial charge in [-0.1, -0.05) is 12.1 Å². The molecule has 0 saturated carbocycles. The van der Waals surface area contributed by atoms with E-state index in [9.17, 15) is 9.59 Å². The zero-order valence-electron chi connectivity index (χ0n) is 14.2. The smallest absolute Gasteiger partial charge is 0.337 e.